The van der Waals surface area contributed by atoms with Gasteiger partial charge in [0.2, 0.25) is 0 Å². The molecule has 392 valence electrons. The Morgan fingerprint density at radius 2 is 0.478 bits per heavy atom. The van der Waals surface area contributed by atoms with Gasteiger partial charge in [-0.3, -0.25) is 4.52 Å². The van der Waals surface area contributed by atoms with Crippen LogP contribution >= 0.6 is 15.6 Å². The fourth-order valence-corrected chi connectivity index (χ4v) is 9.13. The van der Waals surface area contributed by atoms with Crippen LogP contribution in [0.5, 0.6) is 0 Å². The van der Waals surface area contributed by atoms with Crippen molar-refractivity contribution in [3.8, 4) is 0 Å². The number of hydrogen-bond donors (Lipinski definition) is 3. The summed E-state index contributed by atoms with van der Waals surface area (Å²) in [6, 6.07) is 0. The van der Waals surface area contributed by atoms with Crippen LogP contribution in [-0.2, 0) is 18.0 Å². The predicted molar refractivity (Wildman–Crippen MR) is 301 cm³/mol. The smallest absolute Gasteiger partial charge is 0.302 e. The molecule has 0 saturated carbocycles. The van der Waals surface area contributed by atoms with E-state index in [9.17, 15) is 14.0 Å². The molecule has 0 heterocycles. The van der Waals surface area contributed by atoms with Crippen LogP contribution in [0.1, 0.15) is 231 Å². The first-order valence-corrected chi connectivity index (χ1v) is 29.1. The first-order chi connectivity index (χ1) is 32.5. The second-order valence-electron chi connectivity index (χ2n) is 20.1. The Bertz CT molecular complexity index is 1960. The molecule has 9 heteroatoms. The average Bonchev–Trinajstić information content (AvgIpc) is 3.22. The van der Waals surface area contributed by atoms with E-state index in [1.807, 2.05) is 6.92 Å². The van der Waals surface area contributed by atoms with Gasteiger partial charge in [0.1, 0.15) is 0 Å². The van der Waals surface area contributed by atoms with Crippen molar-refractivity contribution < 1.29 is 32.6 Å². The van der Waals surface area contributed by atoms with E-state index in [0.29, 0.717) is 0 Å². The molecular formula is C60H100O7P2. The molecule has 0 rings (SSSR count). The minimum Gasteiger partial charge on any atom is -0.302 e. The molecule has 7 nitrogen and oxygen atoms in total. The first-order valence-electron chi connectivity index (χ1n) is 26.1. The maximum absolute atomic E-state index is 11.5. The number of rotatable bonds is 38. The lowest BCUT2D eigenvalue weighted by Gasteiger charge is -2.11. The quantitative estimate of drug-likeness (QED) is 0.0417. The fraction of sp³-hybridized carbons (Fsp3) is 0.600. The predicted octanol–water partition coefficient (Wildman–Crippen LogP) is 20.2. The summed E-state index contributed by atoms with van der Waals surface area (Å²) in [5.74, 6) is 0. The third-order valence-electron chi connectivity index (χ3n) is 12.3. The zero-order chi connectivity index (χ0) is 52.1. The first kappa shape index (κ1) is 66.1. The van der Waals surface area contributed by atoms with Gasteiger partial charge in [-0.15, -0.1) is 0 Å². The highest BCUT2D eigenvalue weighted by molar-refractivity contribution is 7.60. The molecule has 3 N–H and O–H groups in total. The minimum absolute atomic E-state index is 0.274. The molecule has 0 saturated heterocycles. The molecule has 0 fully saturated rings. The molecule has 0 aromatic heterocycles. The maximum Gasteiger partial charge on any atom is 0.481 e. The van der Waals surface area contributed by atoms with E-state index in [1.165, 1.54) is 74.1 Å². The molecule has 1 atom stereocenters. The van der Waals surface area contributed by atoms with Crippen molar-refractivity contribution in [2.24, 2.45) is 0 Å². The molecule has 0 amide bonds. The van der Waals surface area contributed by atoms with Gasteiger partial charge in [0.05, 0.1) is 6.61 Å². The van der Waals surface area contributed by atoms with Crippen LogP contribution in [0, 0.1) is 0 Å². The lowest BCUT2D eigenvalue weighted by molar-refractivity contribution is 0.191. The molecule has 69 heavy (non-hydrogen) atoms. The molecule has 1 unspecified atom stereocenters. The third kappa shape index (κ3) is 44.8. The Morgan fingerprint density at radius 1 is 0.304 bits per heavy atom. The van der Waals surface area contributed by atoms with Gasteiger partial charge in [0, 0.05) is 0 Å². The number of phosphoric ester groups is 1. The third-order valence-corrected chi connectivity index (χ3v) is 14.4. The highest BCUT2D eigenvalue weighted by Crippen LogP contribution is 2.57. The average molecular weight is 995 g/mol. The summed E-state index contributed by atoms with van der Waals surface area (Å²) in [7, 11) is -9.92. The van der Waals surface area contributed by atoms with Gasteiger partial charge in [-0.2, -0.15) is 4.31 Å². The molecule has 0 spiro atoms. The second-order valence-corrected chi connectivity index (χ2v) is 22.9. The van der Waals surface area contributed by atoms with Crippen molar-refractivity contribution in [2.45, 2.75) is 231 Å². The summed E-state index contributed by atoms with van der Waals surface area (Å²) in [6.07, 6.45) is 52.0. The molecule has 0 radical (unpaired) electrons. The van der Waals surface area contributed by atoms with Gasteiger partial charge in [0.25, 0.3) is 0 Å². The Balaban J connectivity index is 4.32. The van der Waals surface area contributed by atoms with Gasteiger partial charge in [-0.05, 0) is 231 Å². The maximum atomic E-state index is 11.5. The second kappa shape index (κ2) is 39.7. The zero-order valence-electron chi connectivity index (χ0n) is 46.1. The van der Waals surface area contributed by atoms with E-state index in [1.54, 1.807) is 6.08 Å². The van der Waals surface area contributed by atoms with Gasteiger partial charge in [0.15, 0.2) is 0 Å². The number of phosphoric acid groups is 2. The number of hydrogen-bond acceptors (Lipinski definition) is 4. The van der Waals surface area contributed by atoms with Crippen LogP contribution < -0.4 is 0 Å². The Morgan fingerprint density at radius 3 is 0.652 bits per heavy atom. The molecule has 0 aliphatic heterocycles. The minimum atomic E-state index is -5.11. The van der Waals surface area contributed by atoms with Crippen molar-refractivity contribution in [3.63, 3.8) is 0 Å². The monoisotopic (exact) mass is 995 g/mol. The van der Waals surface area contributed by atoms with Gasteiger partial charge in [-0.1, -0.05) is 140 Å². The van der Waals surface area contributed by atoms with Gasteiger partial charge >= 0.3 is 15.6 Å². The van der Waals surface area contributed by atoms with Crippen molar-refractivity contribution >= 4 is 15.6 Å². The van der Waals surface area contributed by atoms with E-state index in [4.69, 9.17) is 9.79 Å². The standard InChI is InChI=1S/C60H100O7P2/c1-49(2)25-14-26-50(3)27-15-28-51(4)29-16-30-52(5)31-17-32-53(6)33-18-34-54(7)35-19-36-55(8)37-20-38-56(9)39-21-40-57(10)41-22-42-58(11)43-23-44-59(12)45-24-46-60(13)47-48-66-69(64,65)67-68(61,62)63/h25,27,29,31,33,35,37,39,41,43,45,47H,14-24,26,28,30,32,34,36,38,40,42,44,46,48H2,1-13H3,(H,64,65)(H2,61,62,63)/b50-27+,51-29-,52-31-,53-33-,54-35-,55-37-,56-39-,57-41-,58-43-,59-45-,60-47-. The van der Waals surface area contributed by atoms with Crippen LogP contribution in [0.15, 0.2) is 140 Å². The van der Waals surface area contributed by atoms with Crippen LogP contribution in [-0.4, -0.2) is 21.3 Å². The van der Waals surface area contributed by atoms with Gasteiger partial charge < -0.3 is 14.7 Å². The highest BCUT2D eigenvalue weighted by Gasteiger charge is 2.31. The molecule has 0 aromatic carbocycles. The summed E-state index contributed by atoms with van der Waals surface area (Å²) in [5, 5.41) is 0. The van der Waals surface area contributed by atoms with Gasteiger partial charge in [-0.25, -0.2) is 9.13 Å². The zero-order valence-corrected chi connectivity index (χ0v) is 47.8. The van der Waals surface area contributed by atoms with Crippen molar-refractivity contribution in [1.82, 2.24) is 0 Å². The van der Waals surface area contributed by atoms with E-state index < -0.39 is 15.6 Å². The summed E-state index contributed by atoms with van der Waals surface area (Å²) in [4.78, 5) is 26.7. The van der Waals surface area contributed by atoms with E-state index >= 15 is 0 Å². The molecule has 0 aliphatic carbocycles. The molecule has 0 aliphatic rings. The lowest BCUT2D eigenvalue weighted by Crippen LogP contribution is -1.94. The van der Waals surface area contributed by atoms with Crippen LogP contribution in [0.4, 0.5) is 0 Å². The molecule has 0 aromatic rings. The SMILES string of the molecule is CC(C)=CCC/C(C)=C/CC/C(C)=C\CC/C(C)=C\CC/C(C)=C\CC/C(C)=C\CC/C(C)=C\CC/C(C)=C\CC/C(C)=C\CC/C(C)=C\CC/C(C)=C\CC/C(C)=C\COP(=O)(O)OP(=O)(O)O. The lowest BCUT2D eigenvalue weighted by atomic mass is 10.0. The van der Waals surface area contributed by atoms with Crippen LogP contribution in [0.25, 0.3) is 0 Å². The Kier molecular flexibility index (Phi) is 38.1. The van der Waals surface area contributed by atoms with E-state index in [0.717, 1.165) is 134 Å². The Hall–Kier alpha value is -2.86. The van der Waals surface area contributed by atoms with Crippen molar-refractivity contribution in [2.75, 3.05) is 6.61 Å². The molecule has 0 bridgehead atoms. The van der Waals surface area contributed by atoms with Crippen LogP contribution in [0.3, 0.4) is 0 Å². The Labute approximate surface area is 424 Å². The van der Waals surface area contributed by atoms with E-state index in [-0.39, 0.29) is 6.61 Å². The summed E-state index contributed by atoms with van der Waals surface area (Å²) >= 11 is 0. The largest absolute Gasteiger partial charge is 0.481 e. The van der Waals surface area contributed by atoms with Crippen molar-refractivity contribution in [3.05, 3.63) is 140 Å². The summed E-state index contributed by atoms with van der Waals surface area (Å²) < 4.78 is 30.7. The normalized spacial score (nSPS) is 15.9. The van der Waals surface area contributed by atoms with Crippen molar-refractivity contribution in [1.29, 1.82) is 0 Å². The molecular weight excluding hydrogens is 895 g/mol. The summed E-state index contributed by atoms with van der Waals surface area (Å²) in [6.45, 7) is 28.6. The fourth-order valence-electron chi connectivity index (χ4n) is 7.61. The highest BCUT2D eigenvalue weighted by atomic mass is 31.3. The van der Waals surface area contributed by atoms with Crippen LogP contribution in [0.2, 0.25) is 0 Å². The van der Waals surface area contributed by atoms with E-state index in [2.05, 4.69) is 159 Å². The number of allylic oxidation sites excluding steroid dienone is 23. The summed E-state index contributed by atoms with van der Waals surface area (Å²) in [5.41, 5.74) is 17.1. The topological polar surface area (TPSA) is 113 Å².